The Kier molecular flexibility index (Phi) is 6.21. The van der Waals surface area contributed by atoms with Crippen LogP contribution < -0.4 is 5.32 Å². The first-order valence-electron chi connectivity index (χ1n) is 7.90. The minimum absolute atomic E-state index is 0.0870. The van der Waals surface area contributed by atoms with E-state index in [4.69, 9.17) is 0 Å². The lowest BCUT2D eigenvalue weighted by molar-refractivity contribution is -0.123. The van der Waals surface area contributed by atoms with Crippen LogP contribution in [0.4, 0.5) is 0 Å². The normalized spacial score (nSPS) is 21.0. The zero-order valence-corrected chi connectivity index (χ0v) is 12.8. The van der Waals surface area contributed by atoms with Crippen LogP contribution in [-0.2, 0) is 4.79 Å². The van der Waals surface area contributed by atoms with E-state index in [9.17, 15) is 9.90 Å². The Balaban J connectivity index is 1.67. The highest BCUT2D eigenvalue weighted by Gasteiger charge is 2.18. The third-order valence-electron chi connectivity index (χ3n) is 4.22. The number of benzene rings is 1. The minimum atomic E-state index is -0.722. The molecule has 0 aromatic heterocycles. The van der Waals surface area contributed by atoms with Crippen LogP contribution >= 0.6 is 0 Å². The predicted molar refractivity (Wildman–Crippen MR) is 83.9 cm³/mol. The fourth-order valence-electron chi connectivity index (χ4n) is 2.87. The SMILES string of the molecule is CC1CCCCN1CCNC(=O)CC(O)c1ccccc1. The molecule has 1 aliphatic rings. The average molecular weight is 290 g/mol. The number of aliphatic hydroxyl groups is 1. The van der Waals surface area contributed by atoms with Crippen molar-refractivity contribution in [3.8, 4) is 0 Å². The van der Waals surface area contributed by atoms with Crippen LogP contribution in [0.5, 0.6) is 0 Å². The summed E-state index contributed by atoms with van der Waals surface area (Å²) >= 11 is 0. The molecule has 0 bridgehead atoms. The first-order chi connectivity index (χ1) is 10.2. The van der Waals surface area contributed by atoms with E-state index >= 15 is 0 Å². The molecule has 1 aliphatic heterocycles. The second kappa shape index (κ2) is 8.15. The number of hydrogen-bond acceptors (Lipinski definition) is 3. The van der Waals surface area contributed by atoms with Crippen molar-refractivity contribution in [2.24, 2.45) is 0 Å². The molecule has 1 amide bonds. The van der Waals surface area contributed by atoms with Crippen molar-refractivity contribution in [3.63, 3.8) is 0 Å². The van der Waals surface area contributed by atoms with Crippen molar-refractivity contribution < 1.29 is 9.90 Å². The van der Waals surface area contributed by atoms with Gasteiger partial charge in [-0.15, -0.1) is 0 Å². The lowest BCUT2D eigenvalue weighted by Gasteiger charge is -2.33. The van der Waals surface area contributed by atoms with Gasteiger partial charge in [-0.1, -0.05) is 36.8 Å². The monoisotopic (exact) mass is 290 g/mol. The molecule has 1 fully saturated rings. The molecule has 0 saturated carbocycles. The van der Waals surface area contributed by atoms with Gasteiger partial charge in [0.1, 0.15) is 0 Å². The molecule has 1 aromatic rings. The molecule has 2 atom stereocenters. The molecule has 4 nitrogen and oxygen atoms in total. The van der Waals surface area contributed by atoms with Gasteiger partial charge in [0.25, 0.3) is 0 Å². The summed E-state index contributed by atoms with van der Waals surface area (Å²) in [6.45, 7) is 4.93. The smallest absolute Gasteiger partial charge is 0.223 e. The molecule has 2 unspecified atom stereocenters. The molecule has 21 heavy (non-hydrogen) atoms. The summed E-state index contributed by atoms with van der Waals surface area (Å²) in [6.07, 6.45) is 3.22. The first-order valence-corrected chi connectivity index (χ1v) is 7.90. The molecule has 1 aromatic carbocycles. The molecule has 0 spiro atoms. The summed E-state index contributed by atoms with van der Waals surface area (Å²) in [5.74, 6) is -0.0870. The number of amides is 1. The number of rotatable bonds is 6. The first kappa shape index (κ1) is 16.0. The van der Waals surface area contributed by atoms with E-state index in [2.05, 4.69) is 17.1 Å². The highest BCUT2D eigenvalue weighted by atomic mass is 16.3. The van der Waals surface area contributed by atoms with Crippen molar-refractivity contribution in [1.82, 2.24) is 10.2 Å². The Morgan fingerprint density at radius 3 is 2.86 bits per heavy atom. The van der Waals surface area contributed by atoms with Crippen LogP contribution in [-0.4, -0.2) is 41.6 Å². The highest BCUT2D eigenvalue weighted by Crippen LogP contribution is 2.16. The van der Waals surface area contributed by atoms with Crippen LogP contribution in [0.25, 0.3) is 0 Å². The summed E-state index contributed by atoms with van der Waals surface area (Å²) in [7, 11) is 0. The van der Waals surface area contributed by atoms with E-state index in [1.807, 2.05) is 30.3 Å². The van der Waals surface area contributed by atoms with Crippen LogP contribution in [0.15, 0.2) is 30.3 Å². The second-order valence-electron chi connectivity index (χ2n) is 5.86. The molecule has 2 N–H and O–H groups in total. The highest BCUT2D eigenvalue weighted by molar-refractivity contribution is 5.76. The fourth-order valence-corrected chi connectivity index (χ4v) is 2.87. The van der Waals surface area contributed by atoms with Crippen LogP contribution in [0.1, 0.15) is 44.3 Å². The standard InChI is InChI=1S/C17H26N2O2/c1-14-7-5-6-11-19(14)12-10-18-17(21)13-16(20)15-8-3-2-4-9-15/h2-4,8-9,14,16,20H,5-7,10-13H2,1H3,(H,18,21). The van der Waals surface area contributed by atoms with Crippen molar-refractivity contribution >= 4 is 5.91 Å². The number of piperidine rings is 1. The van der Waals surface area contributed by atoms with Crippen LogP contribution in [0.2, 0.25) is 0 Å². The van der Waals surface area contributed by atoms with Gasteiger partial charge < -0.3 is 10.4 Å². The Labute approximate surface area is 127 Å². The molecule has 0 aliphatic carbocycles. The van der Waals surface area contributed by atoms with Gasteiger partial charge in [0.2, 0.25) is 5.91 Å². The van der Waals surface area contributed by atoms with Crippen LogP contribution in [0.3, 0.4) is 0 Å². The van der Waals surface area contributed by atoms with Crippen molar-refractivity contribution in [2.45, 2.75) is 44.8 Å². The van der Waals surface area contributed by atoms with Crippen molar-refractivity contribution in [3.05, 3.63) is 35.9 Å². The molecule has 2 rings (SSSR count). The van der Waals surface area contributed by atoms with Gasteiger partial charge in [0.05, 0.1) is 12.5 Å². The summed E-state index contributed by atoms with van der Waals surface area (Å²) in [5, 5.41) is 12.9. The second-order valence-corrected chi connectivity index (χ2v) is 5.86. The number of aliphatic hydroxyl groups excluding tert-OH is 1. The maximum absolute atomic E-state index is 11.9. The van der Waals surface area contributed by atoms with Gasteiger partial charge in [0.15, 0.2) is 0 Å². The molecule has 1 heterocycles. The molecule has 4 heteroatoms. The zero-order valence-electron chi connectivity index (χ0n) is 12.8. The lowest BCUT2D eigenvalue weighted by atomic mass is 10.0. The molecular formula is C17H26N2O2. The largest absolute Gasteiger partial charge is 0.388 e. The van der Waals surface area contributed by atoms with E-state index in [0.717, 1.165) is 18.7 Å². The Morgan fingerprint density at radius 2 is 2.14 bits per heavy atom. The Bertz CT molecular complexity index is 436. The Morgan fingerprint density at radius 1 is 1.38 bits per heavy atom. The predicted octanol–water partition coefficient (Wildman–Crippen LogP) is 2.10. The quantitative estimate of drug-likeness (QED) is 0.843. The minimum Gasteiger partial charge on any atom is -0.388 e. The number of carbonyl (C=O) groups is 1. The maximum Gasteiger partial charge on any atom is 0.223 e. The number of likely N-dealkylation sites (tertiary alicyclic amines) is 1. The van der Waals surface area contributed by atoms with Gasteiger partial charge in [0, 0.05) is 19.1 Å². The summed E-state index contributed by atoms with van der Waals surface area (Å²) in [4.78, 5) is 14.3. The molecule has 116 valence electrons. The van der Waals surface area contributed by atoms with E-state index < -0.39 is 6.10 Å². The number of nitrogens with one attached hydrogen (secondary N) is 1. The maximum atomic E-state index is 11.9. The third-order valence-corrected chi connectivity index (χ3v) is 4.22. The number of nitrogens with zero attached hydrogens (tertiary/aromatic N) is 1. The van der Waals surface area contributed by atoms with E-state index in [1.54, 1.807) is 0 Å². The topological polar surface area (TPSA) is 52.6 Å². The third kappa shape index (κ3) is 5.14. The van der Waals surface area contributed by atoms with E-state index in [0.29, 0.717) is 12.6 Å². The fraction of sp³-hybridized carbons (Fsp3) is 0.588. The van der Waals surface area contributed by atoms with Gasteiger partial charge in [-0.3, -0.25) is 9.69 Å². The van der Waals surface area contributed by atoms with Crippen molar-refractivity contribution in [1.29, 1.82) is 0 Å². The zero-order chi connectivity index (χ0) is 15.1. The van der Waals surface area contributed by atoms with Gasteiger partial charge in [-0.05, 0) is 31.9 Å². The summed E-state index contributed by atoms with van der Waals surface area (Å²) < 4.78 is 0. The number of hydrogen-bond donors (Lipinski definition) is 2. The van der Waals surface area contributed by atoms with Gasteiger partial charge in [-0.25, -0.2) is 0 Å². The number of carbonyl (C=O) groups excluding carboxylic acids is 1. The van der Waals surface area contributed by atoms with Gasteiger partial charge in [-0.2, -0.15) is 0 Å². The van der Waals surface area contributed by atoms with E-state index in [1.165, 1.54) is 19.3 Å². The average Bonchev–Trinajstić information content (AvgIpc) is 2.50. The van der Waals surface area contributed by atoms with E-state index in [-0.39, 0.29) is 12.3 Å². The van der Waals surface area contributed by atoms with Crippen molar-refractivity contribution in [2.75, 3.05) is 19.6 Å². The molecule has 0 radical (unpaired) electrons. The summed E-state index contributed by atoms with van der Waals surface area (Å²) in [6, 6.07) is 9.93. The van der Waals surface area contributed by atoms with Crippen LogP contribution in [0, 0.1) is 0 Å². The molecule has 1 saturated heterocycles. The Hall–Kier alpha value is -1.39. The molecular weight excluding hydrogens is 264 g/mol. The van der Waals surface area contributed by atoms with Gasteiger partial charge >= 0.3 is 0 Å². The lowest BCUT2D eigenvalue weighted by Crippen LogP contribution is -2.42. The summed E-state index contributed by atoms with van der Waals surface area (Å²) in [5.41, 5.74) is 0.789.